The van der Waals surface area contributed by atoms with E-state index < -0.39 is 0 Å². The molecule has 116 valence electrons. The zero-order chi connectivity index (χ0) is 15.8. The van der Waals surface area contributed by atoms with Crippen LogP contribution in [0.15, 0.2) is 60.1 Å². The van der Waals surface area contributed by atoms with Crippen molar-refractivity contribution >= 4 is 28.8 Å². The standard InChI is InChI=1S/C18H15ClN2OS/c19-14-6-2-1-5-13(14)17-15-7-3-9-20(15)10-11-21(17)18(22)16-8-4-12-23-16/h1-9,12,17H,10-11H2/t17-/m0/s1. The molecule has 1 amide bonds. The number of rotatable bonds is 2. The smallest absolute Gasteiger partial charge is 0.264 e. The summed E-state index contributed by atoms with van der Waals surface area (Å²) in [5, 5.41) is 2.63. The third-order valence-corrected chi connectivity index (χ3v) is 5.43. The maximum Gasteiger partial charge on any atom is 0.264 e. The van der Waals surface area contributed by atoms with Crippen LogP contribution in [-0.4, -0.2) is 21.9 Å². The van der Waals surface area contributed by atoms with Gasteiger partial charge in [0.1, 0.15) is 0 Å². The molecule has 0 unspecified atom stereocenters. The van der Waals surface area contributed by atoms with E-state index in [2.05, 4.69) is 16.8 Å². The first kappa shape index (κ1) is 14.5. The van der Waals surface area contributed by atoms with Gasteiger partial charge < -0.3 is 9.47 Å². The lowest BCUT2D eigenvalue weighted by molar-refractivity contribution is 0.0669. The van der Waals surface area contributed by atoms with Crippen LogP contribution in [0.2, 0.25) is 5.02 Å². The summed E-state index contributed by atoms with van der Waals surface area (Å²) in [6, 6.07) is 15.5. The fourth-order valence-electron chi connectivity index (χ4n) is 3.17. The van der Waals surface area contributed by atoms with Gasteiger partial charge in [-0.05, 0) is 35.2 Å². The van der Waals surface area contributed by atoms with Gasteiger partial charge in [0.2, 0.25) is 0 Å². The van der Waals surface area contributed by atoms with Gasteiger partial charge in [-0.2, -0.15) is 0 Å². The second-order valence-corrected chi connectivity index (χ2v) is 6.88. The number of carbonyl (C=O) groups is 1. The second-order valence-electron chi connectivity index (χ2n) is 5.53. The minimum Gasteiger partial charge on any atom is -0.348 e. The highest BCUT2D eigenvalue weighted by Gasteiger charge is 2.33. The summed E-state index contributed by atoms with van der Waals surface area (Å²) >= 11 is 7.92. The molecule has 0 bridgehead atoms. The van der Waals surface area contributed by atoms with E-state index in [9.17, 15) is 4.79 Å². The van der Waals surface area contributed by atoms with Crippen molar-refractivity contribution in [1.29, 1.82) is 0 Å². The van der Waals surface area contributed by atoms with E-state index >= 15 is 0 Å². The zero-order valence-corrected chi connectivity index (χ0v) is 13.9. The molecule has 0 spiro atoms. The molecule has 0 saturated heterocycles. The summed E-state index contributed by atoms with van der Waals surface area (Å²) in [4.78, 5) is 15.7. The summed E-state index contributed by atoms with van der Waals surface area (Å²) in [7, 11) is 0. The van der Waals surface area contributed by atoms with E-state index in [1.54, 1.807) is 0 Å². The number of nitrogens with zero attached hydrogens (tertiary/aromatic N) is 2. The molecule has 0 radical (unpaired) electrons. The Kier molecular flexibility index (Phi) is 3.71. The molecule has 1 atom stereocenters. The monoisotopic (exact) mass is 342 g/mol. The topological polar surface area (TPSA) is 25.2 Å². The Labute approximate surface area is 143 Å². The van der Waals surface area contributed by atoms with E-state index in [-0.39, 0.29) is 11.9 Å². The van der Waals surface area contributed by atoms with Crippen molar-refractivity contribution in [2.24, 2.45) is 0 Å². The molecule has 23 heavy (non-hydrogen) atoms. The van der Waals surface area contributed by atoms with Gasteiger partial charge in [0.25, 0.3) is 5.91 Å². The molecule has 0 aliphatic carbocycles. The van der Waals surface area contributed by atoms with Crippen LogP contribution in [0.4, 0.5) is 0 Å². The fourth-order valence-corrected chi connectivity index (χ4v) is 4.09. The molecule has 3 nitrogen and oxygen atoms in total. The van der Waals surface area contributed by atoms with Crippen molar-refractivity contribution in [2.75, 3.05) is 6.54 Å². The van der Waals surface area contributed by atoms with Crippen molar-refractivity contribution < 1.29 is 4.79 Å². The Morgan fingerprint density at radius 1 is 1.09 bits per heavy atom. The molecule has 1 aromatic carbocycles. The van der Waals surface area contributed by atoms with Gasteiger partial charge in [-0.1, -0.05) is 35.9 Å². The van der Waals surface area contributed by atoms with Gasteiger partial charge in [0, 0.05) is 30.0 Å². The van der Waals surface area contributed by atoms with Crippen LogP contribution in [0.5, 0.6) is 0 Å². The lowest BCUT2D eigenvalue weighted by atomic mass is 9.99. The summed E-state index contributed by atoms with van der Waals surface area (Å²) in [5.41, 5.74) is 2.08. The average Bonchev–Trinajstić information content (AvgIpc) is 3.25. The minimum atomic E-state index is -0.151. The Bertz CT molecular complexity index is 840. The van der Waals surface area contributed by atoms with E-state index in [4.69, 9.17) is 11.6 Å². The second kappa shape index (κ2) is 5.87. The van der Waals surface area contributed by atoms with E-state index in [0.717, 1.165) is 22.7 Å². The van der Waals surface area contributed by atoms with Crippen LogP contribution in [0.3, 0.4) is 0 Å². The fraction of sp³-hybridized carbons (Fsp3) is 0.167. The molecule has 4 rings (SSSR count). The summed E-state index contributed by atoms with van der Waals surface area (Å²) in [5.74, 6) is 0.0670. The van der Waals surface area contributed by atoms with E-state index in [1.807, 2.05) is 52.7 Å². The number of hydrogen-bond donors (Lipinski definition) is 0. The van der Waals surface area contributed by atoms with Crippen LogP contribution in [0.1, 0.15) is 27.0 Å². The maximum absolute atomic E-state index is 13.0. The third kappa shape index (κ3) is 2.48. The Morgan fingerprint density at radius 3 is 2.74 bits per heavy atom. The first-order valence-electron chi connectivity index (χ1n) is 7.49. The first-order chi connectivity index (χ1) is 11.3. The third-order valence-electron chi connectivity index (χ3n) is 4.23. The van der Waals surface area contributed by atoms with Gasteiger partial charge in [0.15, 0.2) is 0 Å². The van der Waals surface area contributed by atoms with Crippen molar-refractivity contribution in [3.63, 3.8) is 0 Å². The van der Waals surface area contributed by atoms with Crippen molar-refractivity contribution in [1.82, 2.24) is 9.47 Å². The van der Waals surface area contributed by atoms with Crippen molar-refractivity contribution in [2.45, 2.75) is 12.6 Å². The van der Waals surface area contributed by atoms with Crippen LogP contribution in [0.25, 0.3) is 0 Å². The molecule has 5 heteroatoms. The number of aromatic nitrogens is 1. The van der Waals surface area contributed by atoms with Gasteiger partial charge in [-0.15, -0.1) is 11.3 Å². The minimum absolute atomic E-state index is 0.0670. The first-order valence-corrected chi connectivity index (χ1v) is 8.75. The average molecular weight is 343 g/mol. The Hall–Kier alpha value is -2.04. The number of carbonyl (C=O) groups excluding carboxylic acids is 1. The van der Waals surface area contributed by atoms with Crippen molar-refractivity contribution in [3.05, 3.63) is 81.3 Å². The van der Waals surface area contributed by atoms with Gasteiger partial charge >= 0.3 is 0 Å². The molecule has 0 saturated carbocycles. The molecule has 1 aliphatic heterocycles. The highest BCUT2D eigenvalue weighted by Crippen LogP contribution is 2.37. The normalized spacial score (nSPS) is 17.1. The highest BCUT2D eigenvalue weighted by atomic mass is 35.5. The molecule has 3 heterocycles. The predicted molar refractivity (Wildman–Crippen MR) is 93.1 cm³/mol. The van der Waals surface area contributed by atoms with Crippen LogP contribution in [-0.2, 0) is 6.54 Å². The zero-order valence-electron chi connectivity index (χ0n) is 12.4. The lowest BCUT2D eigenvalue weighted by Gasteiger charge is -2.37. The quantitative estimate of drug-likeness (QED) is 0.675. The number of fused-ring (bicyclic) bond motifs is 1. The lowest BCUT2D eigenvalue weighted by Crippen LogP contribution is -2.42. The molecular weight excluding hydrogens is 328 g/mol. The summed E-state index contributed by atoms with van der Waals surface area (Å²) < 4.78 is 2.20. The van der Waals surface area contributed by atoms with E-state index in [1.165, 1.54) is 11.3 Å². The molecular formula is C18H15ClN2OS. The molecule has 1 aliphatic rings. The highest BCUT2D eigenvalue weighted by molar-refractivity contribution is 7.12. The Balaban J connectivity index is 1.83. The SMILES string of the molecule is O=C(c1cccs1)N1CCn2cccc2[C@@H]1c1ccccc1Cl. The van der Waals surface area contributed by atoms with E-state index in [0.29, 0.717) is 11.6 Å². The Morgan fingerprint density at radius 2 is 1.96 bits per heavy atom. The summed E-state index contributed by atoms with van der Waals surface area (Å²) in [6.45, 7) is 1.48. The largest absolute Gasteiger partial charge is 0.348 e. The van der Waals surface area contributed by atoms with Crippen molar-refractivity contribution in [3.8, 4) is 0 Å². The molecule has 3 aromatic rings. The number of benzene rings is 1. The predicted octanol–water partition coefficient (Wildman–Crippen LogP) is 4.45. The van der Waals surface area contributed by atoms with Gasteiger partial charge in [-0.25, -0.2) is 0 Å². The number of thiophene rings is 1. The molecule has 2 aromatic heterocycles. The maximum atomic E-state index is 13.0. The van der Waals surface area contributed by atoms with Crippen LogP contribution in [0, 0.1) is 0 Å². The summed E-state index contributed by atoms with van der Waals surface area (Å²) in [6.07, 6.45) is 2.06. The number of halogens is 1. The van der Waals surface area contributed by atoms with Gasteiger partial charge in [-0.3, -0.25) is 4.79 Å². The van der Waals surface area contributed by atoms with Crippen LogP contribution < -0.4 is 0 Å². The van der Waals surface area contributed by atoms with Gasteiger partial charge in [0.05, 0.1) is 10.9 Å². The molecule has 0 fully saturated rings. The number of hydrogen-bond acceptors (Lipinski definition) is 2. The molecule has 0 N–H and O–H groups in total. The number of amides is 1. The van der Waals surface area contributed by atoms with Crippen LogP contribution >= 0.6 is 22.9 Å².